The molecular weight excluding hydrogens is 266 g/mol. The fourth-order valence-corrected chi connectivity index (χ4v) is 2.77. The first-order valence-electron chi connectivity index (χ1n) is 3.73. The van der Waals surface area contributed by atoms with Gasteiger partial charge in [-0.05, 0) is 17.7 Å². The van der Waals surface area contributed by atoms with Gasteiger partial charge >= 0.3 is 6.00 Å². The molecule has 1 atom stereocenters. The number of benzene rings is 1. The summed E-state index contributed by atoms with van der Waals surface area (Å²) < 4.78 is 0. The molecule has 72 valence electrons. The molecule has 1 aromatic carbocycles. The zero-order chi connectivity index (χ0) is 10.1. The molecule has 13 heavy (non-hydrogen) atoms. The van der Waals surface area contributed by atoms with Crippen molar-refractivity contribution in [1.82, 2.24) is 0 Å². The molecule has 0 fully saturated rings. The summed E-state index contributed by atoms with van der Waals surface area (Å²) in [7, 11) is 0. The monoisotopic (exact) mass is 272 g/mol. The zero-order valence-corrected chi connectivity index (χ0v) is 10.9. The van der Waals surface area contributed by atoms with Crippen molar-refractivity contribution in [3.05, 3.63) is 34.9 Å². The molecule has 0 aliphatic rings. The van der Waals surface area contributed by atoms with Crippen LogP contribution in [0.2, 0.25) is 5.02 Å². The Labute approximate surface area is 97.9 Å². The van der Waals surface area contributed by atoms with E-state index in [9.17, 15) is 0 Å². The average Bonchev–Trinajstić information content (AvgIpc) is 2.03. The van der Waals surface area contributed by atoms with Crippen LogP contribution in [-0.4, -0.2) is 6.00 Å². The molecule has 0 saturated carbocycles. The molecule has 0 aromatic heterocycles. The van der Waals surface area contributed by atoms with E-state index in [2.05, 4.69) is 0 Å². The Morgan fingerprint density at radius 2 is 1.54 bits per heavy atom. The van der Waals surface area contributed by atoms with E-state index in [1.807, 2.05) is 19.1 Å². The lowest BCUT2D eigenvalue weighted by molar-refractivity contribution is 1.07. The van der Waals surface area contributed by atoms with Gasteiger partial charge in [-0.25, -0.2) is 0 Å². The molecule has 0 N–H and O–H groups in total. The van der Waals surface area contributed by atoms with Crippen LogP contribution >= 0.6 is 44.8 Å². The van der Waals surface area contributed by atoms with Gasteiger partial charge in [0, 0.05) is 10.6 Å². The Morgan fingerprint density at radius 3 is 1.92 bits per heavy atom. The number of hydrogen-bond donors (Lipinski definition) is 0. The fourth-order valence-electron chi connectivity index (χ4n) is 0.940. The lowest BCUT2D eigenvalue weighted by atomic mass is 10.2. The van der Waals surface area contributed by atoms with Gasteiger partial charge in [-0.2, -0.15) is 0 Å². The third kappa shape index (κ3) is 3.33. The predicted molar refractivity (Wildman–Crippen MR) is 63.2 cm³/mol. The van der Waals surface area contributed by atoms with Crippen LogP contribution in [-0.2, 0) is 0 Å². The molecule has 0 spiro atoms. The van der Waals surface area contributed by atoms with Crippen molar-refractivity contribution in [1.29, 1.82) is 0 Å². The van der Waals surface area contributed by atoms with Gasteiger partial charge in [0.05, 0.1) is 0 Å². The molecule has 0 aliphatic heterocycles. The number of halogens is 4. The van der Waals surface area contributed by atoms with Gasteiger partial charge in [0.15, 0.2) is 0 Å². The highest BCUT2D eigenvalue weighted by Crippen LogP contribution is 2.36. The summed E-state index contributed by atoms with van der Waals surface area (Å²) in [6.45, 7) is 1.92. The second-order valence-corrected chi connectivity index (χ2v) is 12.3. The van der Waals surface area contributed by atoms with E-state index in [4.69, 9.17) is 44.8 Å². The van der Waals surface area contributed by atoms with Gasteiger partial charge in [-0.3, -0.25) is 0 Å². The third-order valence-electron chi connectivity index (χ3n) is 1.86. The maximum absolute atomic E-state index is 5.89. The van der Waals surface area contributed by atoms with Gasteiger partial charge in [0.2, 0.25) is 0 Å². The van der Waals surface area contributed by atoms with Crippen molar-refractivity contribution < 1.29 is 0 Å². The summed E-state index contributed by atoms with van der Waals surface area (Å²) in [6, 6.07) is 4.74. The normalized spacial score (nSPS) is 14.2. The van der Waals surface area contributed by atoms with Gasteiger partial charge < -0.3 is 0 Å². The average molecular weight is 274 g/mol. The Morgan fingerprint density at radius 1 is 1.08 bits per heavy atom. The molecule has 0 radical (unpaired) electrons. The first-order chi connectivity index (χ1) is 5.91. The van der Waals surface area contributed by atoms with E-state index < -0.39 is 6.00 Å². The van der Waals surface area contributed by atoms with Crippen LogP contribution in [0.3, 0.4) is 0 Å². The summed E-state index contributed by atoms with van der Waals surface area (Å²) in [4.78, 5) is 0. The van der Waals surface area contributed by atoms with Crippen molar-refractivity contribution >= 4 is 50.8 Å². The first kappa shape index (κ1) is 11.7. The largest absolute Gasteiger partial charge is 0.348 e. The second kappa shape index (κ2) is 4.41. The van der Waals surface area contributed by atoms with Gasteiger partial charge in [-0.1, -0.05) is 30.7 Å². The van der Waals surface area contributed by atoms with Crippen molar-refractivity contribution in [3.8, 4) is 0 Å². The van der Waals surface area contributed by atoms with E-state index in [1.54, 1.807) is 12.1 Å². The fraction of sp³-hybridized carbons (Fsp3) is 0.250. The summed E-state index contributed by atoms with van der Waals surface area (Å²) in [5, 5.41) is 0.696. The van der Waals surface area contributed by atoms with Crippen molar-refractivity contribution in [2.45, 2.75) is 12.5 Å². The lowest BCUT2D eigenvalue weighted by Crippen LogP contribution is -2.20. The van der Waals surface area contributed by atoms with Crippen LogP contribution in [0.1, 0.15) is 18.0 Å². The molecule has 0 heterocycles. The Kier molecular flexibility index (Phi) is 3.96. The quantitative estimate of drug-likeness (QED) is 0.544. The summed E-state index contributed by atoms with van der Waals surface area (Å²) in [5.41, 5.74) is 1.02. The summed E-state index contributed by atoms with van der Waals surface area (Å²) in [5.74, 6) is 0. The Hall–Kier alpha value is 0.597. The van der Waals surface area contributed by atoms with Gasteiger partial charge in [-0.15, -0.1) is 33.2 Å². The van der Waals surface area contributed by atoms with E-state index >= 15 is 0 Å². The molecule has 0 unspecified atom stereocenters. The van der Waals surface area contributed by atoms with Crippen molar-refractivity contribution in [3.63, 3.8) is 0 Å². The van der Waals surface area contributed by atoms with Crippen LogP contribution in [0.25, 0.3) is 0 Å². The number of rotatable bonds is 2. The standard InChI is InChI=1S/C8H8Cl4Si/c1-6(13(10,11)12)7-2-4-8(9)5-3-7/h2-6H,1H3/t6-/m0/s1. The van der Waals surface area contributed by atoms with Crippen LogP contribution in [0.4, 0.5) is 0 Å². The third-order valence-corrected chi connectivity index (χ3v) is 6.37. The van der Waals surface area contributed by atoms with Crippen LogP contribution in [0.15, 0.2) is 24.3 Å². The molecule has 0 saturated heterocycles. The van der Waals surface area contributed by atoms with Crippen LogP contribution in [0.5, 0.6) is 0 Å². The van der Waals surface area contributed by atoms with Crippen molar-refractivity contribution in [2.75, 3.05) is 0 Å². The van der Waals surface area contributed by atoms with Gasteiger partial charge in [0.1, 0.15) is 0 Å². The maximum atomic E-state index is 5.89. The topological polar surface area (TPSA) is 0 Å². The second-order valence-electron chi connectivity index (χ2n) is 2.81. The van der Waals surface area contributed by atoms with Crippen LogP contribution < -0.4 is 0 Å². The highest BCUT2D eigenvalue weighted by molar-refractivity contribution is 7.65. The zero-order valence-electron chi connectivity index (χ0n) is 6.90. The molecule has 0 amide bonds. The predicted octanol–water partition coefficient (Wildman–Crippen LogP) is 4.64. The molecule has 0 nitrogen and oxygen atoms in total. The molecule has 5 heteroatoms. The molecule has 1 aromatic rings. The van der Waals surface area contributed by atoms with Crippen molar-refractivity contribution in [2.24, 2.45) is 0 Å². The molecule has 0 aliphatic carbocycles. The summed E-state index contributed by atoms with van der Waals surface area (Å²) >= 11 is 23.4. The maximum Gasteiger partial charge on any atom is 0.348 e. The minimum atomic E-state index is -2.65. The lowest BCUT2D eigenvalue weighted by Gasteiger charge is -2.17. The molecule has 0 bridgehead atoms. The van der Waals surface area contributed by atoms with Gasteiger partial charge in [0.25, 0.3) is 0 Å². The minimum Gasteiger partial charge on any atom is -0.125 e. The Balaban J connectivity index is 2.90. The Bertz CT molecular complexity index is 277. The van der Waals surface area contributed by atoms with E-state index in [0.29, 0.717) is 5.02 Å². The SMILES string of the molecule is C[C@@H](c1ccc(Cl)cc1)[Si](Cl)(Cl)Cl. The molecule has 1 rings (SSSR count). The van der Waals surface area contributed by atoms with E-state index in [-0.39, 0.29) is 5.54 Å². The first-order valence-corrected chi connectivity index (χ1v) is 9.22. The highest BCUT2D eigenvalue weighted by Gasteiger charge is 2.34. The number of hydrogen-bond acceptors (Lipinski definition) is 0. The highest BCUT2D eigenvalue weighted by atomic mass is 35.8. The van der Waals surface area contributed by atoms with Crippen LogP contribution in [0, 0.1) is 0 Å². The summed E-state index contributed by atoms with van der Waals surface area (Å²) in [6.07, 6.45) is 0. The smallest absolute Gasteiger partial charge is 0.125 e. The van der Waals surface area contributed by atoms with E-state index in [1.165, 1.54) is 0 Å². The van der Waals surface area contributed by atoms with E-state index in [0.717, 1.165) is 5.56 Å². The minimum absolute atomic E-state index is 0.00485. The molecular formula is C8H8Cl4Si.